The normalized spacial score (nSPS) is 9.81. The fourth-order valence-corrected chi connectivity index (χ4v) is 1.29. The quantitative estimate of drug-likeness (QED) is 0.780. The van der Waals surface area contributed by atoms with Crippen molar-refractivity contribution in [2.24, 2.45) is 0 Å². The van der Waals surface area contributed by atoms with E-state index in [-0.39, 0.29) is 24.3 Å². The number of carboxylic acid groups (broad SMARTS) is 1. The molecule has 0 heterocycles. The molecule has 1 amide bonds. The summed E-state index contributed by atoms with van der Waals surface area (Å²) in [5.41, 5.74) is 0.283. The van der Waals surface area contributed by atoms with Crippen molar-refractivity contribution in [3.05, 3.63) is 28.2 Å². The van der Waals surface area contributed by atoms with Crippen LogP contribution >= 0.6 is 15.9 Å². The fourth-order valence-electron chi connectivity index (χ4n) is 1.04. The molecule has 0 saturated carbocycles. The molecule has 0 saturated heterocycles. The molecule has 0 radical (unpaired) electrons. The molecular formula is C10H10BrNO4. The van der Waals surface area contributed by atoms with E-state index < -0.39 is 11.9 Å². The summed E-state index contributed by atoms with van der Waals surface area (Å²) in [5.74, 6) is -1.42. The highest BCUT2D eigenvalue weighted by Crippen LogP contribution is 2.24. The van der Waals surface area contributed by atoms with Gasteiger partial charge in [0.05, 0.1) is 10.9 Å². The Morgan fingerprint density at radius 2 is 2.06 bits per heavy atom. The number of carboxylic acids is 1. The third-order valence-electron chi connectivity index (χ3n) is 1.83. The molecule has 0 fully saturated rings. The highest BCUT2D eigenvalue weighted by molar-refractivity contribution is 9.10. The molecule has 1 aromatic rings. The van der Waals surface area contributed by atoms with Crippen LogP contribution in [0.15, 0.2) is 22.7 Å². The number of benzene rings is 1. The number of carbonyl (C=O) groups is 2. The molecule has 6 heteroatoms. The van der Waals surface area contributed by atoms with Gasteiger partial charge in [-0.2, -0.15) is 0 Å². The summed E-state index contributed by atoms with van der Waals surface area (Å²) >= 11 is 3.09. The molecular weight excluding hydrogens is 278 g/mol. The van der Waals surface area contributed by atoms with Crippen LogP contribution < -0.4 is 5.32 Å². The zero-order chi connectivity index (χ0) is 12.1. The number of phenols is 1. The Labute approximate surface area is 100 Å². The Morgan fingerprint density at radius 1 is 1.38 bits per heavy atom. The van der Waals surface area contributed by atoms with Gasteiger partial charge in [-0.3, -0.25) is 9.59 Å². The molecule has 0 bridgehead atoms. The SMILES string of the molecule is O=C(O)CCNC(=O)c1ccc(Br)c(O)c1. The van der Waals surface area contributed by atoms with E-state index in [9.17, 15) is 14.7 Å². The number of amides is 1. The summed E-state index contributed by atoms with van der Waals surface area (Å²) in [5, 5.41) is 20.2. The Kier molecular flexibility index (Phi) is 4.30. The first-order valence-corrected chi connectivity index (χ1v) is 5.28. The van der Waals surface area contributed by atoms with E-state index in [4.69, 9.17) is 5.11 Å². The van der Waals surface area contributed by atoms with Gasteiger partial charge in [-0.25, -0.2) is 0 Å². The molecule has 86 valence electrons. The highest BCUT2D eigenvalue weighted by Gasteiger charge is 2.08. The van der Waals surface area contributed by atoms with Gasteiger partial charge in [0.15, 0.2) is 0 Å². The lowest BCUT2D eigenvalue weighted by molar-refractivity contribution is -0.136. The number of hydrogen-bond acceptors (Lipinski definition) is 3. The Hall–Kier alpha value is -1.56. The lowest BCUT2D eigenvalue weighted by Crippen LogP contribution is -2.25. The first-order chi connectivity index (χ1) is 7.50. The predicted octanol–water partition coefficient (Wildman–Crippen LogP) is 1.36. The van der Waals surface area contributed by atoms with Crippen molar-refractivity contribution in [2.75, 3.05) is 6.54 Å². The Morgan fingerprint density at radius 3 is 2.62 bits per heavy atom. The van der Waals surface area contributed by atoms with E-state index >= 15 is 0 Å². The Bertz CT molecular complexity index is 419. The average Bonchev–Trinajstić information content (AvgIpc) is 2.21. The van der Waals surface area contributed by atoms with Gasteiger partial charge in [0.25, 0.3) is 5.91 Å². The average molecular weight is 288 g/mol. The minimum Gasteiger partial charge on any atom is -0.507 e. The number of hydrogen-bond donors (Lipinski definition) is 3. The predicted molar refractivity (Wildman–Crippen MR) is 60.4 cm³/mol. The summed E-state index contributed by atoms with van der Waals surface area (Å²) in [6.07, 6.45) is -0.131. The second-order valence-corrected chi connectivity index (χ2v) is 3.92. The molecule has 0 unspecified atom stereocenters. The molecule has 1 rings (SSSR count). The zero-order valence-electron chi connectivity index (χ0n) is 8.24. The van der Waals surface area contributed by atoms with E-state index in [1.165, 1.54) is 12.1 Å². The zero-order valence-corrected chi connectivity index (χ0v) is 9.82. The topological polar surface area (TPSA) is 86.6 Å². The molecule has 0 spiro atoms. The molecule has 0 aliphatic rings. The number of carbonyl (C=O) groups excluding carboxylic acids is 1. The van der Waals surface area contributed by atoms with Crippen molar-refractivity contribution >= 4 is 27.8 Å². The van der Waals surface area contributed by atoms with Gasteiger partial charge in [-0.05, 0) is 34.1 Å². The standard InChI is InChI=1S/C10H10BrNO4/c11-7-2-1-6(5-8(7)13)10(16)12-4-3-9(14)15/h1-2,5,13H,3-4H2,(H,12,16)(H,14,15). The van der Waals surface area contributed by atoms with Crippen LogP contribution in [-0.2, 0) is 4.79 Å². The van der Waals surface area contributed by atoms with Crippen LogP contribution in [0.3, 0.4) is 0 Å². The fraction of sp³-hybridized carbons (Fsp3) is 0.200. The second-order valence-electron chi connectivity index (χ2n) is 3.07. The number of aliphatic carboxylic acids is 1. The smallest absolute Gasteiger partial charge is 0.305 e. The van der Waals surface area contributed by atoms with Gasteiger partial charge in [0.1, 0.15) is 5.75 Å². The van der Waals surface area contributed by atoms with Crippen molar-refractivity contribution < 1.29 is 19.8 Å². The van der Waals surface area contributed by atoms with Crippen molar-refractivity contribution in [1.82, 2.24) is 5.32 Å². The third kappa shape index (κ3) is 3.54. The summed E-state index contributed by atoms with van der Waals surface area (Å²) in [6, 6.07) is 4.38. The molecule has 3 N–H and O–H groups in total. The number of nitrogens with one attached hydrogen (secondary N) is 1. The van der Waals surface area contributed by atoms with E-state index in [0.717, 1.165) is 0 Å². The molecule has 0 aliphatic carbocycles. The van der Waals surface area contributed by atoms with Crippen LogP contribution in [0, 0.1) is 0 Å². The maximum Gasteiger partial charge on any atom is 0.305 e. The van der Waals surface area contributed by atoms with E-state index in [1.807, 2.05) is 0 Å². The summed E-state index contributed by atoms with van der Waals surface area (Å²) in [6.45, 7) is 0.0605. The summed E-state index contributed by atoms with van der Waals surface area (Å²) in [7, 11) is 0. The van der Waals surface area contributed by atoms with Gasteiger partial charge >= 0.3 is 5.97 Å². The summed E-state index contributed by atoms with van der Waals surface area (Å²) < 4.78 is 0.495. The number of rotatable bonds is 4. The van der Waals surface area contributed by atoms with Gasteiger partial charge in [0, 0.05) is 12.1 Å². The van der Waals surface area contributed by atoms with E-state index in [1.54, 1.807) is 6.07 Å². The van der Waals surface area contributed by atoms with Gasteiger partial charge in [-0.1, -0.05) is 0 Å². The van der Waals surface area contributed by atoms with Crippen LogP contribution in [0.1, 0.15) is 16.8 Å². The highest BCUT2D eigenvalue weighted by atomic mass is 79.9. The molecule has 16 heavy (non-hydrogen) atoms. The maximum atomic E-state index is 11.5. The number of aromatic hydroxyl groups is 1. The molecule has 0 aromatic heterocycles. The van der Waals surface area contributed by atoms with Crippen LogP contribution in [0.25, 0.3) is 0 Å². The van der Waals surface area contributed by atoms with E-state index in [0.29, 0.717) is 4.47 Å². The molecule has 0 atom stereocenters. The number of phenolic OH excluding ortho intramolecular Hbond substituents is 1. The van der Waals surface area contributed by atoms with Gasteiger partial charge in [-0.15, -0.1) is 0 Å². The summed E-state index contributed by atoms with van der Waals surface area (Å²) in [4.78, 5) is 21.7. The van der Waals surface area contributed by atoms with Crippen molar-refractivity contribution in [2.45, 2.75) is 6.42 Å². The van der Waals surface area contributed by atoms with Gasteiger partial charge in [0.2, 0.25) is 0 Å². The van der Waals surface area contributed by atoms with Crippen LogP contribution in [0.2, 0.25) is 0 Å². The lowest BCUT2D eigenvalue weighted by Gasteiger charge is -2.04. The molecule has 1 aromatic carbocycles. The van der Waals surface area contributed by atoms with Crippen molar-refractivity contribution in [1.29, 1.82) is 0 Å². The monoisotopic (exact) mass is 287 g/mol. The van der Waals surface area contributed by atoms with Crippen LogP contribution in [0.4, 0.5) is 0 Å². The first-order valence-electron chi connectivity index (χ1n) is 4.49. The number of halogens is 1. The molecule has 0 aliphatic heterocycles. The van der Waals surface area contributed by atoms with Crippen molar-refractivity contribution in [3.8, 4) is 5.75 Å². The minimum absolute atomic E-state index is 0.0362. The lowest BCUT2D eigenvalue weighted by atomic mass is 10.2. The second kappa shape index (κ2) is 5.50. The molecule has 5 nitrogen and oxygen atoms in total. The third-order valence-corrected chi connectivity index (χ3v) is 2.50. The van der Waals surface area contributed by atoms with E-state index in [2.05, 4.69) is 21.2 Å². The van der Waals surface area contributed by atoms with Crippen molar-refractivity contribution in [3.63, 3.8) is 0 Å². The largest absolute Gasteiger partial charge is 0.507 e. The minimum atomic E-state index is -0.973. The first kappa shape index (κ1) is 12.5. The Balaban J connectivity index is 2.59. The van der Waals surface area contributed by atoms with Gasteiger partial charge < -0.3 is 15.5 Å². The van der Waals surface area contributed by atoms with Crippen LogP contribution in [0.5, 0.6) is 5.75 Å². The van der Waals surface area contributed by atoms with Crippen LogP contribution in [-0.4, -0.2) is 28.6 Å². The maximum absolute atomic E-state index is 11.5.